The minimum Gasteiger partial charge on any atom is -0.219 e. The zero-order chi connectivity index (χ0) is 10.7. The molecule has 0 amide bonds. The van der Waals surface area contributed by atoms with E-state index in [2.05, 4.69) is 0 Å². The minimum absolute atomic E-state index is 0. The fourth-order valence-electron chi connectivity index (χ4n) is 1.34. The molecule has 0 aliphatic carbocycles. The van der Waals surface area contributed by atoms with Crippen LogP contribution in [0.15, 0.2) is 70.5 Å². The van der Waals surface area contributed by atoms with Gasteiger partial charge in [0, 0.05) is 29.6 Å². The number of benzene rings is 2. The molecule has 0 saturated heterocycles. The molecule has 1 radical (unpaired) electrons. The molecule has 2 nitrogen and oxygen atoms in total. The van der Waals surface area contributed by atoms with Crippen LogP contribution in [0.4, 0.5) is 0 Å². The third kappa shape index (κ3) is 2.74. The summed E-state index contributed by atoms with van der Waals surface area (Å²) in [6, 6.07) is 16.9. The van der Waals surface area contributed by atoms with Crippen molar-refractivity contribution < 1.29 is 8.42 Å². The summed E-state index contributed by atoms with van der Waals surface area (Å²) in [5, 5.41) is 0. The van der Waals surface area contributed by atoms with Crippen LogP contribution in [0.2, 0.25) is 0 Å². The van der Waals surface area contributed by atoms with Gasteiger partial charge in [0.05, 0.1) is 9.79 Å². The summed E-state index contributed by atoms with van der Waals surface area (Å²) in [5.41, 5.74) is 0. The van der Waals surface area contributed by atoms with E-state index in [1.807, 2.05) is 0 Å². The summed E-state index contributed by atoms with van der Waals surface area (Å²) in [5.74, 6) is 0. The van der Waals surface area contributed by atoms with Gasteiger partial charge in [-0.05, 0) is 24.3 Å². The van der Waals surface area contributed by atoms with Gasteiger partial charge in [-0.15, -0.1) is 0 Å². The first-order chi connectivity index (χ1) is 7.21. The van der Waals surface area contributed by atoms with Crippen molar-refractivity contribution >= 4 is 39.4 Å². The van der Waals surface area contributed by atoms with Gasteiger partial charge in [0.15, 0.2) is 0 Å². The maximum Gasteiger partial charge on any atom is 0.206 e. The molecule has 0 spiro atoms. The van der Waals surface area contributed by atoms with Gasteiger partial charge in [-0.25, -0.2) is 8.42 Å². The fourth-order valence-corrected chi connectivity index (χ4v) is 2.64. The molecule has 16 heavy (non-hydrogen) atoms. The molecule has 2 rings (SSSR count). The van der Waals surface area contributed by atoms with Gasteiger partial charge in [-0.2, -0.15) is 0 Å². The van der Waals surface area contributed by atoms with Crippen LogP contribution in [0.5, 0.6) is 0 Å². The van der Waals surface area contributed by atoms with Crippen molar-refractivity contribution in [2.45, 2.75) is 9.79 Å². The van der Waals surface area contributed by atoms with Crippen LogP contribution in [-0.4, -0.2) is 38.0 Å². The van der Waals surface area contributed by atoms with E-state index in [1.54, 1.807) is 60.7 Å². The molecule has 4 heteroatoms. The summed E-state index contributed by atoms with van der Waals surface area (Å²) in [4.78, 5) is 0.660. The minimum atomic E-state index is -3.34. The van der Waals surface area contributed by atoms with E-state index in [1.165, 1.54) is 0 Å². The number of hydrogen-bond donors (Lipinski definition) is 0. The Labute approximate surface area is 118 Å². The Kier molecular flexibility index (Phi) is 4.74. The van der Waals surface area contributed by atoms with Gasteiger partial charge in [-0.1, -0.05) is 36.4 Å². The van der Waals surface area contributed by atoms with Gasteiger partial charge < -0.3 is 0 Å². The van der Waals surface area contributed by atoms with Crippen LogP contribution in [-0.2, 0) is 9.84 Å². The SMILES string of the molecule is O=S(=O)(c1ccccc1)c1ccccc1.[Na]. The fraction of sp³-hybridized carbons (Fsp3) is 0. The molecule has 77 valence electrons. The molecule has 0 heterocycles. The molecule has 0 bridgehead atoms. The van der Waals surface area contributed by atoms with Crippen molar-refractivity contribution in [1.82, 2.24) is 0 Å². The first kappa shape index (κ1) is 13.5. The van der Waals surface area contributed by atoms with Gasteiger partial charge >= 0.3 is 0 Å². The van der Waals surface area contributed by atoms with Crippen molar-refractivity contribution in [1.29, 1.82) is 0 Å². The van der Waals surface area contributed by atoms with Gasteiger partial charge in [0.2, 0.25) is 9.84 Å². The Hall–Kier alpha value is -0.610. The van der Waals surface area contributed by atoms with Crippen LogP contribution in [0.25, 0.3) is 0 Å². The second-order valence-electron chi connectivity index (χ2n) is 3.13. The molecule has 0 fully saturated rings. The average Bonchev–Trinajstić information content (AvgIpc) is 2.31. The van der Waals surface area contributed by atoms with Gasteiger partial charge in [-0.3, -0.25) is 0 Å². The predicted molar refractivity (Wildman–Crippen MR) is 64.1 cm³/mol. The van der Waals surface area contributed by atoms with E-state index in [-0.39, 0.29) is 29.6 Å². The maximum atomic E-state index is 12.0. The zero-order valence-electron chi connectivity index (χ0n) is 9.00. The van der Waals surface area contributed by atoms with Crippen molar-refractivity contribution in [3.63, 3.8) is 0 Å². The molecular weight excluding hydrogens is 231 g/mol. The third-order valence-corrected chi connectivity index (χ3v) is 3.89. The Morgan fingerprint density at radius 2 is 0.938 bits per heavy atom. The van der Waals surface area contributed by atoms with Gasteiger partial charge in [0.1, 0.15) is 0 Å². The second-order valence-corrected chi connectivity index (χ2v) is 5.08. The monoisotopic (exact) mass is 241 g/mol. The molecule has 0 aliphatic rings. The third-order valence-electron chi connectivity index (χ3n) is 2.11. The Bertz CT molecular complexity index is 490. The Morgan fingerprint density at radius 3 is 1.25 bits per heavy atom. The summed E-state index contributed by atoms with van der Waals surface area (Å²) < 4.78 is 24.1. The van der Waals surface area contributed by atoms with Crippen LogP contribution in [0.1, 0.15) is 0 Å². The first-order valence-electron chi connectivity index (χ1n) is 4.56. The molecule has 0 saturated carbocycles. The van der Waals surface area contributed by atoms with Crippen LogP contribution in [0.3, 0.4) is 0 Å². The normalized spacial score (nSPS) is 10.5. The standard InChI is InChI=1S/C12H10O2S.Na/c13-15(14,11-7-3-1-4-8-11)12-9-5-2-6-10-12;/h1-10H;. The van der Waals surface area contributed by atoms with Gasteiger partial charge in [0.25, 0.3) is 0 Å². The average molecular weight is 241 g/mol. The molecule has 0 unspecified atom stereocenters. The zero-order valence-corrected chi connectivity index (χ0v) is 11.8. The molecule has 0 N–H and O–H groups in total. The Balaban J connectivity index is 0.00000128. The van der Waals surface area contributed by atoms with Crippen LogP contribution in [0, 0.1) is 0 Å². The topological polar surface area (TPSA) is 34.1 Å². The molecule has 2 aromatic carbocycles. The number of hydrogen-bond acceptors (Lipinski definition) is 2. The van der Waals surface area contributed by atoms with E-state index in [0.717, 1.165) is 0 Å². The molecular formula is C12H10NaO2S. The largest absolute Gasteiger partial charge is 0.219 e. The Morgan fingerprint density at radius 1 is 0.625 bits per heavy atom. The maximum absolute atomic E-state index is 12.0. The van der Waals surface area contributed by atoms with Crippen LogP contribution < -0.4 is 0 Å². The predicted octanol–water partition coefficient (Wildman–Crippen LogP) is 2.14. The quantitative estimate of drug-likeness (QED) is 0.755. The van der Waals surface area contributed by atoms with Crippen molar-refractivity contribution in [3.8, 4) is 0 Å². The summed E-state index contributed by atoms with van der Waals surface area (Å²) >= 11 is 0. The van der Waals surface area contributed by atoms with E-state index in [4.69, 9.17) is 0 Å². The van der Waals surface area contributed by atoms with Crippen molar-refractivity contribution in [3.05, 3.63) is 60.7 Å². The van der Waals surface area contributed by atoms with Crippen molar-refractivity contribution in [2.24, 2.45) is 0 Å². The summed E-state index contributed by atoms with van der Waals surface area (Å²) in [6.45, 7) is 0. The molecule has 0 atom stereocenters. The summed E-state index contributed by atoms with van der Waals surface area (Å²) in [7, 11) is -3.34. The summed E-state index contributed by atoms with van der Waals surface area (Å²) in [6.07, 6.45) is 0. The second kappa shape index (κ2) is 5.64. The van der Waals surface area contributed by atoms with E-state index in [0.29, 0.717) is 9.79 Å². The molecule has 0 aromatic heterocycles. The van der Waals surface area contributed by atoms with Crippen LogP contribution >= 0.6 is 0 Å². The molecule has 0 aliphatic heterocycles. The number of rotatable bonds is 2. The van der Waals surface area contributed by atoms with Crippen molar-refractivity contribution in [2.75, 3.05) is 0 Å². The first-order valence-corrected chi connectivity index (χ1v) is 6.05. The molecule has 2 aromatic rings. The van der Waals surface area contributed by atoms with E-state index >= 15 is 0 Å². The van der Waals surface area contributed by atoms with E-state index < -0.39 is 9.84 Å². The smallest absolute Gasteiger partial charge is 0.206 e. The number of sulfone groups is 1. The van der Waals surface area contributed by atoms with E-state index in [9.17, 15) is 8.42 Å².